The van der Waals surface area contributed by atoms with Gasteiger partial charge in [0.2, 0.25) is 29.5 Å². The van der Waals surface area contributed by atoms with Crippen LogP contribution < -0.4 is 31.9 Å². The van der Waals surface area contributed by atoms with Gasteiger partial charge in [0.15, 0.2) is 6.10 Å². The molecule has 0 radical (unpaired) electrons. The minimum atomic E-state index is -1.66. The highest BCUT2D eigenvalue weighted by molar-refractivity contribution is 5.84. The molecule has 418 valence electrons. The molecular weight excluding hydrogens is 949 g/mol. The van der Waals surface area contributed by atoms with Gasteiger partial charge in [0.25, 0.3) is 0 Å². The van der Waals surface area contributed by atoms with E-state index < -0.39 is 120 Å². The van der Waals surface area contributed by atoms with Gasteiger partial charge >= 0.3 is 12.1 Å². The van der Waals surface area contributed by atoms with Crippen LogP contribution in [0.2, 0.25) is 0 Å². The predicted octanol–water partition coefficient (Wildman–Crippen LogP) is 2.00. The maximum atomic E-state index is 13.3. The van der Waals surface area contributed by atoms with Gasteiger partial charge in [0.1, 0.15) is 42.7 Å². The second-order valence-electron chi connectivity index (χ2n) is 21.9. The van der Waals surface area contributed by atoms with Crippen LogP contribution in [-0.2, 0) is 44.8 Å². The average molecular weight is 1040 g/mol. The Morgan fingerprint density at radius 3 is 1.21 bits per heavy atom. The predicted molar refractivity (Wildman–Crippen MR) is 273 cm³/mol. The maximum absolute atomic E-state index is 13.3. The highest BCUT2D eigenvalue weighted by Gasteiger charge is 2.33. The van der Waals surface area contributed by atoms with E-state index in [1.165, 1.54) is 13.8 Å². The smallest absolute Gasteiger partial charge is 0.407 e. The SMILES string of the molecule is CC(C)C[C@@H](C[C@@H](O)C(=O)N[C@H](C[C@@H](O)C(=O)N[C@@H](C)C[C@@H](O)C(=O)N[C@@H](CC(C)C)C[C@@H](O)C(=O)OCc1ccccc1)C(C)C)NC(=O)[C@H](O)C[C@H](C)NC(=O)[C@H](O)C[C@@H](NC(=O)OC(C)(C)C)C(C)C. The molecule has 6 amide bonds. The zero-order valence-corrected chi connectivity index (χ0v) is 45.3. The molecular formula is C52H90N6O15. The monoisotopic (exact) mass is 1040 g/mol. The van der Waals surface area contributed by atoms with Gasteiger partial charge in [0, 0.05) is 74.8 Å². The summed E-state index contributed by atoms with van der Waals surface area (Å²) in [5.41, 5.74) is -0.0131. The van der Waals surface area contributed by atoms with Crippen LogP contribution in [0.15, 0.2) is 30.3 Å². The van der Waals surface area contributed by atoms with Gasteiger partial charge < -0.3 is 72.0 Å². The highest BCUT2D eigenvalue weighted by Crippen LogP contribution is 2.18. The summed E-state index contributed by atoms with van der Waals surface area (Å²) in [5, 5.41) is 80.6. The number of carbonyl (C=O) groups excluding carboxylic acids is 7. The first-order chi connectivity index (χ1) is 33.8. The van der Waals surface area contributed by atoms with Crippen molar-refractivity contribution in [1.82, 2.24) is 31.9 Å². The van der Waals surface area contributed by atoms with Crippen LogP contribution in [0.5, 0.6) is 0 Å². The van der Waals surface area contributed by atoms with Crippen LogP contribution in [0.4, 0.5) is 4.79 Å². The third-order valence-electron chi connectivity index (χ3n) is 11.8. The Hall–Kier alpha value is -4.93. The Bertz CT molecular complexity index is 1860. The second-order valence-corrected chi connectivity index (χ2v) is 21.9. The molecule has 1 rings (SSSR count). The molecule has 0 aliphatic carbocycles. The van der Waals surface area contributed by atoms with Crippen molar-refractivity contribution in [2.75, 3.05) is 0 Å². The van der Waals surface area contributed by atoms with E-state index in [4.69, 9.17) is 9.47 Å². The molecule has 12 N–H and O–H groups in total. The molecule has 21 nitrogen and oxygen atoms in total. The van der Waals surface area contributed by atoms with E-state index in [-0.39, 0.29) is 68.8 Å². The molecule has 12 atom stereocenters. The minimum absolute atomic E-state index is 0.0179. The molecule has 1 aromatic carbocycles. The van der Waals surface area contributed by atoms with Crippen LogP contribution in [0.1, 0.15) is 147 Å². The molecule has 0 fully saturated rings. The van der Waals surface area contributed by atoms with Gasteiger partial charge in [-0.2, -0.15) is 0 Å². The number of amides is 6. The summed E-state index contributed by atoms with van der Waals surface area (Å²) < 4.78 is 10.5. The Morgan fingerprint density at radius 2 is 0.808 bits per heavy atom. The first-order valence-corrected chi connectivity index (χ1v) is 25.6. The Balaban J connectivity index is 2.78. The van der Waals surface area contributed by atoms with Crippen LogP contribution in [0.25, 0.3) is 0 Å². The Kier molecular flexibility index (Phi) is 29.3. The van der Waals surface area contributed by atoms with E-state index in [1.54, 1.807) is 58.9 Å². The fraction of sp³-hybridized carbons (Fsp3) is 0.750. The van der Waals surface area contributed by atoms with E-state index >= 15 is 0 Å². The molecule has 0 aromatic heterocycles. The summed E-state index contributed by atoms with van der Waals surface area (Å²) in [6.07, 6.45) is -10.9. The van der Waals surface area contributed by atoms with Crippen LogP contribution in [0, 0.1) is 23.7 Å². The maximum Gasteiger partial charge on any atom is 0.407 e. The molecule has 0 aliphatic heterocycles. The lowest BCUT2D eigenvalue weighted by Gasteiger charge is -2.29. The lowest BCUT2D eigenvalue weighted by molar-refractivity contribution is -0.156. The fourth-order valence-corrected chi connectivity index (χ4v) is 7.84. The van der Waals surface area contributed by atoms with Gasteiger partial charge in [0.05, 0.1) is 0 Å². The molecule has 0 aliphatic rings. The second kappa shape index (κ2) is 32.4. The summed E-state index contributed by atoms with van der Waals surface area (Å²) in [4.78, 5) is 90.4. The third-order valence-corrected chi connectivity index (χ3v) is 11.8. The molecule has 73 heavy (non-hydrogen) atoms. The zero-order chi connectivity index (χ0) is 55.9. The summed E-state index contributed by atoms with van der Waals surface area (Å²) >= 11 is 0. The summed E-state index contributed by atoms with van der Waals surface area (Å²) in [6.45, 7) is 22.7. The highest BCUT2D eigenvalue weighted by atomic mass is 16.6. The number of aliphatic hydroxyl groups is 6. The van der Waals surface area contributed by atoms with Crippen molar-refractivity contribution in [3.63, 3.8) is 0 Å². The van der Waals surface area contributed by atoms with Crippen molar-refractivity contribution >= 4 is 41.6 Å². The van der Waals surface area contributed by atoms with Gasteiger partial charge in [-0.05, 0) is 76.7 Å². The summed E-state index contributed by atoms with van der Waals surface area (Å²) in [7, 11) is 0. The van der Waals surface area contributed by atoms with Crippen molar-refractivity contribution in [1.29, 1.82) is 0 Å². The number of carbonyl (C=O) groups is 7. The number of aliphatic hydroxyl groups excluding tert-OH is 6. The quantitative estimate of drug-likeness (QED) is 0.0460. The lowest BCUT2D eigenvalue weighted by Crippen LogP contribution is -2.51. The summed E-state index contributed by atoms with van der Waals surface area (Å²) in [5.74, 6) is -5.37. The number of ether oxygens (including phenoxy) is 2. The first kappa shape index (κ1) is 66.1. The van der Waals surface area contributed by atoms with Crippen molar-refractivity contribution in [2.45, 2.75) is 226 Å². The molecule has 0 spiro atoms. The van der Waals surface area contributed by atoms with Crippen molar-refractivity contribution < 1.29 is 73.7 Å². The topological polar surface area (TPSA) is 332 Å². The molecule has 0 bridgehead atoms. The molecule has 0 unspecified atom stereocenters. The van der Waals surface area contributed by atoms with E-state index in [9.17, 15) is 64.2 Å². The normalized spacial score (nSPS) is 16.9. The number of hydrogen-bond acceptors (Lipinski definition) is 15. The van der Waals surface area contributed by atoms with E-state index in [0.29, 0.717) is 12.8 Å². The van der Waals surface area contributed by atoms with Crippen LogP contribution in [-0.4, -0.2) is 151 Å². The first-order valence-electron chi connectivity index (χ1n) is 25.6. The van der Waals surface area contributed by atoms with E-state index in [0.717, 1.165) is 5.56 Å². The lowest BCUT2D eigenvalue weighted by atomic mass is 9.95. The standard InChI is InChI=1S/C52H90N6O15/c1-28(2)19-35(55-47(67)39(59)21-33(10)54-46(66)43(63)26-38(31(7)8)58-51(71)73-52(11,12)13)23-41(61)49(69)57-37(30(5)6)25-42(62)45(65)53-32(9)22-40(60)48(68)56-36(20-29(3)4)24-44(64)50(70)72-27-34-17-15-14-16-18-34/h14-18,28-33,35-44,59-64H,19-27H2,1-13H3,(H,53,65)(H,54,66)(H,55,67)(H,56,68)(H,57,69)(H,58,71)/t32-,33-,35-,36-,37+,38+,39+,40+,41+,42+,43+,44+/m0/s1. The minimum Gasteiger partial charge on any atom is -0.459 e. The van der Waals surface area contributed by atoms with Crippen molar-refractivity contribution in [2.24, 2.45) is 23.7 Å². The Morgan fingerprint density at radius 1 is 0.452 bits per heavy atom. The Labute approximate surface area is 432 Å². The van der Waals surface area contributed by atoms with Gasteiger partial charge in [-0.1, -0.05) is 85.7 Å². The molecule has 21 heteroatoms. The number of rotatable bonds is 32. The molecule has 0 saturated carbocycles. The number of esters is 1. The number of hydrogen-bond donors (Lipinski definition) is 12. The largest absolute Gasteiger partial charge is 0.459 e. The average Bonchev–Trinajstić information content (AvgIpc) is 3.26. The van der Waals surface area contributed by atoms with Gasteiger partial charge in [-0.3, -0.25) is 24.0 Å². The zero-order valence-electron chi connectivity index (χ0n) is 45.3. The van der Waals surface area contributed by atoms with Gasteiger partial charge in [-0.15, -0.1) is 0 Å². The molecule has 0 saturated heterocycles. The molecule has 1 aromatic rings. The van der Waals surface area contributed by atoms with E-state index in [1.807, 2.05) is 47.6 Å². The number of nitrogens with one attached hydrogen (secondary N) is 6. The van der Waals surface area contributed by atoms with Crippen LogP contribution in [0.3, 0.4) is 0 Å². The third kappa shape index (κ3) is 27.8. The molecule has 0 heterocycles. The van der Waals surface area contributed by atoms with E-state index in [2.05, 4.69) is 31.9 Å². The van der Waals surface area contributed by atoms with Gasteiger partial charge in [-0.25, -0.2) is 9.59 Å². The van der Waals surface area contributed by atoms with Crippen molar-refractivity contribution in [3.05, 3.63) is 35.9 Å². The number of benzene rings is 1. The van der Waals surface area contributed by atoms with Crippen molar-refractivity contribution in [3.8, 4) is 0 Å². The van der Waals surface area contributed by atoms with Crippen LogP contribution >= 0.6 is 0 Å². The summed E-state index contributed by atoms with van der Waals surface area (Å²) in [6, 6.07) is 4.44. The number of alkyl carbamates (subject to hydrolysis) is 1. The fourth-order valence-electron chi connectivity index (χ4n) is 7.84.